The highest BCUT2D eigenvalue weighted by Gasteiger charge is 2.19. The molecule has 0 aromatic heterocycles. The van der Waals surface area contributed by atoms with Crippen LogP contribution in [0.3, 0.4) is 0 Å². The molecule has 4 N–H and O–H groups in total. The van der Waals surface area contributed by atoms with Crippen LogP contribution in [-0.2, 0) is 4.74 Å². The number of ether oxygens (including phenoxy) is 1. The Labute approximate surface area is 169 Å². The Balaban J connectivity index is 1.83. The van der Waals surface area contributed by atoms with Crippen LogP contribution in [0.25, 0.3) is 0 Å². The maximum absolute atomic E-state index is 12.8. The predicted octanol–water partition coefficient (Wildman–Crippen LogP) is 3.21. The minimum atomic E-state index is -0.587. The van der Waals surface area contributed by atoms with Crippen LogP contribution in [0.2, 0.25) is 0 Å². The summed E-state index contributed by atoms with van der Waals surface area (Å²) in [5.41, 5.74) is 7.90. The highest BCUT2D eigenvalue weighted by atomic mass is 16.5. The third kappa shape index (κ3) is 5.04. The third-order valence-electron chi connectivity index (χ3n) is 4.62. The first-order chi connectivity index (χ1) is 14.0. The number of hydrogen-bond donors (Lipinski definition) is 3. The predicted molar refractivity (Wildman–Crippen MR) is 111 cm³/mol. The molecule has 0 unspecified atom stereocenters. The van der Waals surface area contributed by atoms with Gasteiger partial charge in [0.05, 0.1) is 18.0 Å². The molecule has 0 atom stereocenters. The number of nitrogens with zero attached hydrogens (tertiary/aromatic N) is 1. The third-order valence-corrected chi connectivity index (χ3v) is 4.62. The lowest BCUT2D eigenvalue weighted by atomic mass is 10.1. The topological polar surface area (TPSA) is 114 Å². The summed E-state index contributed by atoms with van der Waals surface area (Å²) in [5.74, 6) is -0.923. The molecular formula is C21H24N4O4. The molecule has 0 aliphatic carbocycles. The molecule has 8 nitrogen and oxygen atoms in total. The number of rotatable bonds is 6. The van der Waals surface area contributed by atoms with Gasteiger partial charge in [-0.3, -0.25) is 14.9 Å². The number of hydrogen-bond acceptors (Lipinski definition) is 5. The molecule has 2 aromatic rings. The molecule has 1 heterocycles. The first-order valence-corrected chi connectivity index (χ1v) is 9.52. The fraction of sp³-hybridized carbons (Fsp3) is 0.286. The molecular weight excluding hydrogens is 372 g/mol. The number of carbonyl (C=O) groups is 3. The van der Waals surface area contributed by atoms with Crippen LogP contribution in [0.4, 0.5) is 21.9 Å². The number of anilines is 3. The molecule has 152 valence electrons. The number of carbonyl (C=O) groups excluding carboxylic acids is 3. The van der Waals surface area contributed by atoms with Crippen molar-refractivity contribution in [1.82, 2.24) is 0 Å². The van der Waals surface area contributed by atoms with Crippen molar-refractivity contribution in [1.29, 1.82) is 0 Å². The SMILES string of the molecule is CCOC(=O)Nc1cccc(C(=O)Nc2cc(C(N)=O)ccc2N2CCCC2)c1. The van der Waals surface area contributed by atoms with Gasteiger partial charge in [0, 0.05) is 29.9 Å². The molecule has 1 saturated heterocycles. The largest absolute Gasteiger partial charge is 0.450 e. The van der Waals surface area contributed by atoms with Crippen molar-refractivity contribution in [2.45, 2.75) is 19.8 Å². The second-order valence-corrected chi connectivity index (χ2v) is 6.67. The van der Waals surface area contributed by atoms with E-state index in [1.807, 2.05) is 0 Å². The van der Waals surface area contributed by atoms with Crippen LogP contribution in [0.15, 0.2) is 42.5 Å². The standard InChI is InChI=1S/C21H24N4O4/c1-2-29-21(28)23-16-7-5-6-15(12-16)20(27)24-17-13-14(19(22)26)8-9-18(17)25-10-3-4-11-25/h5-9,12-13H,2-4,10-11H2,1H3,(H2,22,26)(H,23,28)(H,24,27). The lowest BCUT2D eigenvalue weighted by molar-refractivity contribution is 0.0996. The smallest absolute Gasteiger partial charge is 0.411 e. The average Bonchev–Trinajstić information content (AvgIpc) is 3.22. The molecule has 3 amide bonds. The second-order valence-electron chi connectivity index (χ2n) is 6.67. The fourth-order valence-electron chi connectivity index (χ4n) is 3.24. The van der Waals surface area contributed by atoms with Crippen LogP contribution in [0.1, 0.15) is 40.5 Å². The van der Waals surface area contributed by atoms with Crippen molar-refractivity contribution >= 4 is 35.0 Å². The maximum atomic E-state index is 12.8. The van der Waals surface area contributed by atoms with E-state index in [-0.39, 0.29) is 12.5 Å². The number of primary amides is 1. The number of benzene rings is 2. The van der Waals surface area contributed by atoms with E-state index in [0.29, 0.717) is 22.5 Å². The van der Waals surface area contributed by atoms with Crippen LogP contribution >= 0.6 is 0 Å². The molecule has 29 heavy (non-hydrogen) atoms. The summed E-state index contributed by atoms with van der Waals surface area (Å²) in [6.07, 6.45) is 1.56. The molecule has 0 saturated carbocycles. The van der Waals surface area contributed by atoms with Crippen molar-refractivity contribution in [3.05, 3.63) is 53.6 Å². The Morgan fingerprint density at radius 2 is 1.79 bits per heavy atom. The maximum Gasteiger partial charge on any atom is 0.411 e. The fourth-order valence-corrected chi connectivity index (χ4v) is 3.24. The first-order valence-electron chi connectivity index (χ1n) is 9.52. The monoisotopic (exact) mass is 396 g/mol. The minimum Gasteiger partial charge on any atom is -0.450 e. The van der Waals surface area contributed by atoms with Crippen molar-refractivity contribution in [2.24, 2.45) is 5.73 Å². The van der Waals surface area contributed by atoms with Crippen molar-refractivity contribution in [2.75, 3.05) is 35.2 Å². The molecule has 2 aromatic carbocycles. The van der Waals surface area contributed by atoms with Crippen LogP contribution < -0.4 is 21.3 Å². The van der Waals surface area contributed by atoms with Crippen molar-refractivity contribution in [3.8, 4) is 0 Å². The van der Waals surface area contributed by atoms with Crippen LogP contribution in [0, 0.1) is 0 Å². The van der Waals surface area contributed by atoms with E-state index in [9.17, 15) is 14.4 Å². The second kappa shape index (κ2) is 9.09. The van der Waals surface area contributed by atoms with Gasteiger partial charge < -0.3 is 20.7 Å². The highest BCUT2D eigenvalue weighted by molar-refractivity contribution is 6.07. The summed E-state index contributed by atoms with van der Waals surface area (Å²) in [6, 6.07) is 11.6. The molecule has 3 rings (SSSR count). The van der Waals surface area contributed by atoms with Crippen molar-refractivity contribution < 1.29 is 19.1 Å². The van der Waals surface area contributed by atoms with E-state index >= 15 is 0 Å². The van der Waals surface area contributed by atoms with Gasteiger partial charge in [0.25, 0.3) is 5.91 Å². The Hall–Kier alpha value is -3.55. The Bertz CT molecular complexity index is 923. The van der Waals surface area contributed by atoms with Gasteiger partial charge in [-0.15, -0.1) is 0 Å². The van der Waals surface area contributed by atoms with E-state index in [0.717, 1.165) is 31.6 Å². The van der Waals surface area contributed by atoms with E-state index in [1.165, 1.54) is 0 Å². The summed E-state index contributed by atoms with van der Waals surface area (Å²) in [4.78, 5) is 38.2. The average molecular weight is 396 g/mol. The van der Waals surface area contributed by atoms with Gasteiger partial charge in [-0.05, 0) is 56.2 Å². The Kier molecular flexibility index (Phi) is 6.33. The Morgan fingerprint density at radius 3 is 2.48 bits per heavy atom. The van der Waals surface area contributed by atoms with Crippen molar-refractivity contribution in [3.63, 3.8) is 0 Å². The summed E-state index contributed by atoms with van der Waals surface area (Å²) in [5, 5.41) is 5.44. The normalized spacial score (nSPS) is 13.1. The Morgan fingerprint density at radius 1 is 1.03 bits per heavy atom. The quantitative estimate of drug-likeness (QED) is 0.694. The highest BCUT2D eigenvalue weighted by Crippen LogP contribution is 2.30. The molecule has 1 aliphatic rings. The zero-order chi connectivity index (χ0) is 20.8. The first kappa shape index (κ1) is 20.2. The summed E-state index contributed by atoms with van der Waals surface area (Å²) < 4.78 is 4.85. The van der Waals surface area contributed by atoms with Gasteiger partial charge in [-0.2, -0.15) is 0 Å². The summed E-state index contributed by atoms with van der Waals surface area (Å²) in [6.45, 7) is 3.73. The lowest BCUT2D eigenvalue weighted by Gasteiger charge is -2.22. The van der Waals surface area contributed by atoms with E-state index < -0.39 is 12.0 Å². The molecule has 0 bridgehead atoms. The zero-order valence-corrected chi connectivity index (χ0v) is 16.2. The van der Waals surface area contributed by atoms with E-state index in [4.69, 9.17) is 10.5 Å². The van der Waals surface area contributed by atoms with Gasteiger partial charge in [0.2, 0.25) is 5.91 Å². The molecule has 8 heteroatoms. The van der Waals surface area contributed by atoms with Gasteiger partial charge in [-0.25, -0.2) is 4.79 Å². The minimum absolute atomic E-state index is 0.251. The van der Waals surface area contributed by atoms with Gasteiger partial charge in [-0.1, -0.05) is 6.07 Å². The molecule has 1 aliphatic heterocycles. The van der Waals surface area contributed by atoms with E-state index in [1.54, 1.807) is 49.4 Å². The summed E-state index contributed by atoms with van der Waals surface area (Å²) in [7, 11) is 0. The van der Waals surface area contributed by atoms with Gasteiger partial charge in [0.1, 0.15) is 0 Å². The van der Waals surface area contributed by atoms with Crippen LogP contribution in [-0.4, -0.2) is 37.6 Å². The van der Waals surface area contributed by atoms with E-state index in [2.05, 4.69) is 15.5 Å². The molecule has 1 fully saturated rings. The number of amides is 3. The molecule has 0 spiro atoms. The lowest BCUT2D eigenvalue weighted by Crippen LogP contribution is -2.22. The molecule has 0 radical (unpaired) electrons. The van der Waals surface area contributed by atoms with Gasteiger partial charge >= 0.3 is 6.09 Å². The number of nitrogens with one attached hydrogen (secondary N) is 2. The van der Waals surface area contributed by atoms with Gasteiger partial charge in [0.15, 0.2) is 0 Å². The zero-order valence-electron chi connectivity index (χ0n) is 16.2. The summed E-state index contributed by atoms with van der Waals surface area (Å²) >= 11 is 0. The number of nitrogens with two attached hydrogens (primary N) is 1. The van der Waals surface area contributed by atoms with Crippen LogP contribution in [0.5, 0.6) is 0 Å².